The van der Waals surface area contributed by atoms with Gasteiger partial charge >= 0.3 is 77.0 Å². The first kappa shape index (κ1) is 25.2. The molecule has 0 spiro atoms. The van der Waals surface area contributed by atoms with E-state index in [0.717, 1.165) is 4.90 Å². The Morgan fingerprint density at radius 3 is 1.12 bits per heavy atom. The van der Waals surface area contributed by atoms with Crippen molar-refractivity contribution < 1.29 is 97.1 Å². The summed E-state index contributed by atoms with van der Waals surface area (Å²) in [5, 5.41) is 24.8. The largest absolute Gasteiger partial charge is 1.00 e. The zero-order chi connectivity index (χ0) is 10.4. The smallest absolute Gasteiger partial charge is 1.00 e. The molecule has 0 aliphatic rings. The molecular weight excluding hydrogens is 244 g/mol. The summed E-state index contributed by atoms with van der Waals surface area (Å²) in [4.78, 5) is 31.2. The Morgan fingerprint density at radius 2 is 1.00 bits per heavy atom. The van der Waals surface area contributed by atoms with E-state index in [0.29, 0.717) is 0 Å². The van der Waals surface area contributed by atoms with E-state index in [1.54, 1.807) is 0 Å². The van der Waals surface area contributed by atoms with Crippen molar-refractivity contribution in [2.24, 2.45) is 0 Å². The molecule has 0 atom stereocenters. The minimum atomic E-state index is -1.26. The van der Waals surface area contributed by atoms with E-state index in [9.17, 15) is 14.4 Å². The van der Waals surface area contributed by atoms with Crippen molar-refractivity contribution in [1.29, 1.82) is 0 Å². The Morgan fingerprint density at radius 1 is 0.812 bits per heavy atom. The number of hydrogen-bond donors (Lipinski definition) is 3. The van der Waals surface area contributed by atoms with Crippen LogP contribution in [-0.4, -0.2) is 63.2 Å². The molecule has 0 bridgehead atoms. The van der Waals surface area contributed by atoms with Crippen molar-refractivity contribution in [2.45, 2.75) is 0 Å². The molecule has 0 saturated carbocycles. The maximum Gasteiger partial charge on any atom is 1.00 e. The fraction of sp³-hybridized carbons (Fsp3) is 0.500. The second-order valence-corrected chi connectivity index (χ2v) is 2.33. The van der Waals surface area contributed by atoms with E-state index in [-0.39, 0.29) is 67.4 Å². The predicted molar refractivity (Wildman–Crippen MR) is 45.2 cm³/mol. The first-order valence-electron chi connectivity index (χ1n) is 3.29. The molecule has 0 unspecified atom stereocenters. The Kier molecular flexibility index (Phi) is 21.1. The summed E-state index contributed by atoms with van der Waals surface area (Å²) < 4.78 is 0. The molecule has 0 aromatic carbocycles. The van der Waals surface area contributed by atoms with Crippen LogP contribution in [0.2, 0.25) is 0 Å². The van der Waals surface area contributed by atoms with Crippen LogP contribution < -0.4 is 59.1 Å². The Bertz CT molecular complexity index is 206. The van der Waals surface area contributed by atoms with E-state index >= 15 is 0 Å². The van der Waals surface area contributed by atoms with Crippen molar-refractivity contribution in [2.75, 3.05) is 19.6 Å². The first-order valence-corrected chi connectivity index (χ1v) is 3.29. The summed E-state index contributed by atoms with van der Waals surface area (Å²) in [5.74, 6) is -3.78. The van der Waals surface area contributed by atoms with E-state index in [4.69, 9.17) is 15.3 Å². The molecule has 0 rings (SSSR count). The van der Waals surface area contributed by atoms with Crippen LogP contribution in [-0.2, 0) is 14.4 Å². The molecule has 10 heteroatoms. The van der Waals surface area contributed by atoms with Gasteiger partial charge in [-0.1, -0.05) is 0 Å². The summed E-state index contributed by atoms with van der Waals surface area (Å²) >= 11 is 0. The number of carboxylic acids is 3. The summed E-state index contributed by atoms with van der Waals surface area (Å²) in [6.07, 6.45) is 0. The third-order valence-corrected chi connectivity index (χ3v) is 1.08. The monoisotopic (exact) mass is 257 g/mol. The number of rotatable bonds is 6. The molecule has 0 amide bonds. The molecule has 0 aliphatic heterocycles. The van der Waals surface area contributed by atoms with Gasteiger partial charge in [0, 0.05) is 0 Å². The quantitative estimate of drug-likeness (QED) is 0.400. The fourth-order valence-corrected chi connectivity index (χ4v) is 0.742. The topological polar surface area (TPSA) is 147 Å². The second-order valence-electron chi connectivity index (χ2n) is 2.33. The van der Waals surface area contributed by atoms with Gasteiger partial charge in [0.2, 0.25) is 0 Å². The molecule has 0 heterocycles. The third-order valence-electron chi connectivity index (χ3n) is 1.08. The predicted octanol–water partition coefficient (Wildman–Crippen LogP) is -8.05. The zero-order valence-electron chi connectivity index (χ0n) is 11.1. The minimum absolute atomic E-state index is 0. The van der Waals surface area contributed by atoms with Gasteiger partial charge in [-0.3, -0.25) is 19.3 Å². The number of aliphatic carboxylic acids is 3. The molecule has 0 aromatic rings. The van der Waals surface area contributed by atoms with Gasteiger partial charge in [0.05, 0.1) is 19.6 Å². The van der Waals surface area contributed by atoms with E-state index < -0.39 is 37.5 Å². The summed E-state index contributed by atoms with van der Waals surface area (Å²) in [6.45, 7) is -1.80. The molecule has 16 heavy (non-hydrogen) atoms. The van der Waals surface area contributed by atoms with Crippen LogP contribution in [0.5, 0.6) is 0 Å². The Labute approximate surface area is 138 Å². The normalized spacial score (nSPS) is 8.06. The van der Waals surface area contributed by atoms with Crippen molar-refractivity contribution in [3.8, 4) is 0 Å². The van der Waals surface area contributed by atoms with Gasteiger partial charge in [-0.25, -0.2) is 0 Å². The standard InChI is InChI=1S/C6H9NO6.2Na.H2O.2H/c8-4(9)1-7(2-5(10)11)3-6(12)13;;;;;/h1-3H2,(H,8,9)(H,10,11)(H,12,13);;;1H2;;/q;2*+1;;2*-1. The Hall–Kier alpha value is 0.330. The van der Waals surface area contributed by atoms with Gasteiger partial charge in [-0.2, -0.15) is 0 Å². The van der Waals surface area contributed by atoms with Gasteiger partial charge in [0.15, 0.2) is 0 Å². The molecule has 0 radical (unpaired) electrons. The van der Waals surface area contributed by atoms with Crippen molar-refractivity contribution in [1.82, 2.24) is 4.90 Å². The molecule has 0 aromatic heterocycles. The second kappa shape index (κ2) is 13.4. The maximum absolute atomic E-state index is 10.1. The van der Waals surface area contributed by atoms with Crippen LogP contribution in [0.15, 0.2) is 0 Å². The SMILES string of the molecule is O.O=C(O)CN(CC(=O)O)CC(=O)O.[H-].[H-].[Na+].[Na+]. The molecular formula is C6H13NNa2O7. The third kappa shape index (κ3) is 16.7. The van der Waals surface area contributed by atoms with Crippen LogP contribution in [0.3, 0.4) is 0 Å². The van der Waals surface area contributed by atoms with Gasteiger partial charge < -0.3 is 23.6 Å². The number of hydrogen-bond acceptors (Lipinski definition) is 4. The van der Waals surface area contributed by atoms with Crippen molar-refractivity contribution in [3.05, 3.63) is 0 Å². The average Bonchev–Trinajstić information content (AvgIpc) is 1.80. The summed E-state index contributed by atoms with van der Waals surface area (Å²) in [7, 11) is 0. The molecule has 8 nitrogen and oxygen atoms in total. The van der Waals surface area contributed by atoms with Crippen LogP contribution in [0, 0.1) is 0 Å². The van der Waals surface area contributed by atoms with Gasteiger partial charge in [0.25, 0.3) is 0 Å². The number of carboxylic acid groups (broad SMARTS) is 3. The summed E-state index contributed by atoms with van der Waals surface area (Å²) in [5.41, 5.74) is 0. The molecule has 0 aliphatic carbocycles. The van der Waals surface area contributed by atoms with Crippen LogP contribution >= 0.6 is 0 Å². The van der Waals surface area contributed by atoms with Gasteiger partial charge in [0.1, 0.15) is 0 Å². The molecule has 86 valence electrons. The zero-order valence-corrected chi connectivity index (χ0v) is 13.1. The van der Waals surface area contributed by atoms with Gasteiger partial charge in [-0.15, -0.1) is 0 Å². The first-order chi connectivity index (χ1) is 5.91. The van der Waals surface area contributed by atoms with E-state index in [1.807, 2.05) is 0 Å². The molecule has 5 N–H and O–H groups in total. The number of nitrogens with zero attached hydrogens (tertiary/aromatic N) is 1. The Balaban J connectivity index is -0.0000000720. The average molecular weight is 257 g/mol. The van der Waals surface area contributed by atoms with Crippen LogP contribution in [0.25, 0.3) is 0 Å². The van der Waals surface area contributed by atoms with E-state index in [2.05, 4.69) is 0 Å². The molecule has 0 fully saturated rings. The number of carbonyl (C=O) groups is 3. The maximum atomic E-state index is 10.1. The van der Waals surface area contributed by atoms with Crippen molar-refractivity contribution in [3.63, 3.8) is 0 Å². The molecule has 0 saturated heterocycles. The van der Waals surface area contributed by atoms with Crippen LogP contribution in [0.1, 0.15) is 2.85 Å². The minimum Gasteiger partial charge on any atom is -1.00 e. The summed E-state index contributed by atoms with van der Waals surface area (Å²) in [6, 6.07) is 0. The van der Waals surface area contributed by atoms with Crippen LogP contribution in [0.4, 0.5) is 0 Å². The van der Waals surface area contributed by atoms with Gasteiger partial charge in [-0.05, 0) is 0 Å². The fourth-order valence-electron chi connectivity index (χ4n) is 0.742. The van der Waals surface area contributed by atoms with Crippen molar-refractivity contribution >= 4 is 17.9 Å². The van der Waals surface area contributed by atoms with E-state index in [1.165, 1.54) is 0 Å².